The van der Waals surface area contributed by atoms with Gasteiger partial charge in [0.15, 0.2) is 0 Å². The second-order valence-electron chi connectivity index (χ2n) is 19.3. The molecule has 0 saturated carbocycles. The van der Waals surface area contributed by atoms with Gasteiger partial charge in [0, 0.05) is 40.2 Å². The Morgan fingerprint density at radius 2 is 1.24 bits per heavy atom. The number of nitrogens with zero attached hydrogens (tertiary/aromatic N) is 4. The van der Waals surface area contributed by atoms with Gasteiger partial charge >= 0.3 is 0 Å². The zero-order valence-electron chi connectivity index (χ0n) is 38.1. The van der Waals surface area contributed by atoms with Crippen LogP contribution in [0.4, 0.5) is 5.69 Å². The van der Waals surface area contributed by atoms with Crippen LogP contribution in [0, 0.1) is 34.6 Å². The van der Waals surface area contributed by atoms with Crippen molar-refractivity contribution >= 4 is 33.5 Å². The fourth-order valence-electron chi connectivity index (χ4n) is 10.2. The topological polar surface area (TPSA) is 42.6 Å². The van der Waals surface area contributed by atoms with Gasteiger partial charge < -0.3 is 9.64 Å². The summed E-state index contributed by atoms with van der Waals surface area (Å²) in [6, 6.07) is 50.4. The summed E-state index contributed by atoms with van der Waals surface area (Å²) < 4.78 is 9.36. The van der Waals surface area contributed by atoms with Crippen LogP contribution >= 0.6 is 0 Å². The van der Waals surface area contributed by atoms with Gasteiger partial charge in [-0.2, -0.15) is 0 Å². The highest BCUT2D eigenvalue weighted by atomic mass is 16.5. The van der Waals surface area contributed by atoms with E-state index >= 15 is 0 Å². The van der Waals surface area contributed by atoms with Crippen molar-refractivity contribution in [3.63, 3.8) is 0 Å². The number of aryl methyl sites for hydroxylation is 5. The third kappa shape index (κ3) is 6.88. The minimum atomic E-state index is -0.593. The summed E-state index contributed by atoms with van der Waals surface area (Å²) in [5.41, 5.74) is 13.8. The quantitative estimate of drug-likeness (QED) is 0.153. The maximum atomic E-state index is 7.07. The average Bonchev–Trinajstić information content (AvgIpc) is 3.67. The van der Waals surface area contributed by atoms with Crippen molar-refractivity contribution in [1.29, 1.82) is 0 Å². The number of benzene rings is 6. The molecule has 6 aromatic carbocycles. The van der Waals surface area contributed by atoms with Gasteiger partial charge in [0.2, 0.25) is 0 Å². The van der Waals surface area contributed by atoms with Crippen LogP contribution in [0.5, 0.6) is 11.5 Å². The summed E-state index contributed by atoms with van der Waals surface area (Å²) in [6.45, 7) is 24.9. The zero-order chi connectivity index (χ0) is 43.7. The number of hydrogen-bond acceptors (Lipinski definition) is 4. The van der Waals surface area contributed by atoms with Crippen LogP contribution in [0.2, 0.25) is 0 Å². The normalized spacial score (nSPS) is 16.4. The smallest absolute Gasteiger partial charge is 0.145 e. The summed E-state index contributed by atoms with van der Waals surface area (Å²) in [7, 11) is 0. The Morgan fingerprint density at radius 3 is 1.89 bits per heavy atom. The van der Waals surface area contributed by atoms with Crippen molar-refractivity contribution in [2.45, 2.75) is 98.6 Å². The molecule has 0 fully saturated rings. The second-order valence-corrected chi connectivity index (χ2v) is 19.3. The summed E-state index contributed by atoms with van der Waals surface area (Å²) in [6.07, 6.45) is 1.88. The van der Waals surface area contributed by atoms with Gasteiger partial charge in [-0.05, 0) is 148 Å². The maximum Gasteiger partial charge on any atom is 0.145 e. The molecule has 0 unspecified atom stereocenters. The molecular formula is C57H58N4O. The number of aliphatic imine (C=N–C) groups is 1. The summed E-state index contributed by atoms with van der Waals surface area (Å²) in [5.74, 6) is 2.46. The van der Waals surface area contributed by atoms with Gasteiger partial charge in [-0.1, -0.05) is 111 Å². The molecule has 0 spiro atoms. The van der Waals surface area contributed by atoms with Crippen LogP contribution in [-0.4, -0.2) is 26.5 Å². The predicted molar refractivity (Wildman–Crippen MR) is 260 cm³/mol. The number of amidine groups is 1. The highest BCUT2D eigenvalue weighted by molar-refractivity contribution is 6.14. The van der Waals surface area contributed by atoms with E-state index in [1.165, 1.54) is 50.0 Å². The van der Waals surface area contributed by atoms with Gasteiger partial charge in [-0.3, -0.25) is 9.56 Å². The van der Waals surface area contributed by atoms with E-state index in [0.29, 0.717) is 0 Å². The molecule has 9 rings (SSSR count). The van der Waals surface area contributed by atoms with E-state index in [1.54, 1.807) is 0 Å². The zero-order valence-corrected chi connectivity index (χ0v) is 38.1. The molecule has 5 heteroatoms. The molecule has 1 aliphatic rings. The summed E-state index contributed by atoms with van der Waals surface area (Å²) in [5, 5.41) is 2.37. The molecule has 62 heavy (non-hydrogen) atoms. The first-order valence-electron chi connectivity index (χ1n) is 21.9. The van der Waals surface area contributed by atoms with Crippen molar-refractivity contribution in [2.75, 3.05) is 4.90 Å². The molecule has 2 aromatic heterocycles. The number of hydrogen-bond donors (Lipinski definition) is 0. The monoisotopic (exact) mass is 814 g/mol. The SMILES string of the molecule is Cc1cc(Oc2cc(-n3c4cccc(C)c4c4cccnc43)cc(C(C)(C)C)c2)cc(C2=N[C@](C)(C(c3ccccc3)c3ccccc3)C(C)(C)N2c2c(C)cc(C)cc2C)c1. The fourth-order valence-corrected chi connectivity index (χ4v) is 10.2. The van der Waals surface area contributed by atoms with E-state index in [9.17, 15) is 0 Å². The van der Waals surface area contributed by atoms with Crippen molar-refractivity contribution in [2.24, 2.45) is 4.99 Å². The third-order valence-electron chi connectivity index (χ3n) is 13.4. The van der Waals surface area contributed by atoms with E-state index in [2.05, 4.69) is 219 Å². The van der Waals surface area contributed by atoms with Gasteiger partial charge in [0.05, 0.1) is 22.3 Å². The average molecular weight is 815 g/mol. The standard InChI is InChI=1S/C57H58N4O/c1-36-28-39(4)52(40(5)29-36)61-53(59-57(11,56(61,9)10)51(41-21-14-12-15-22-41)42-23-16-13-17-24-42)43-30-37(2)31-46(32-43)62-47-34-44(55(6,7)8)33-45(35-47)60-49-26-18-20-38(3)50(49)48-25-19-27-58-54(48)60/h12-35,51H,1-11H3/t57-/m1/s1. The first-order chi connectivity index (χ1) is 29.5. The Kier molecular flexibility index (Phi) is 10.0. The molecule has 1 atom stereocenters. The summed E-state index contributed by atoms with van der Waals surface area (Å²) in [4.78, 5) is 13.5. The van der Waals surface area contributed by atoms with E-state index in [1.807, 2.05) is 12.3 Å². The number of fused-ring (bicyclic) bond motifs is 3. The molecule has 0 bridgehead atoms. The van der Waals surface area contributed by atoms with Crippen LogP contribution in [0.1, 0.15) is 97.5 Å². The number of anilines is 1. The van der Waals surface area contributed by atoms with Gasteiger partial charge in [-0.25, -0.2) is 4.98 Å². The molecule has 312 valence electrons. The lowest BCUT2D eigenvalue weighted by molar-refractivity contribution is 0.279. The highest BCUT2D eigenvalue weighted by Gasteiger charge is 2.57. The molecule has 8 aromatic rings. The minimum Gasteiger partial charge on any atom is -0.457 e. The van der Waals surface area contributed by atoms with E-state index in [4.69, 9.17) is 14.7 Å². The Morgan fingerprint density at radius 1 is 0.613 bits per heavy atom. The number of pyridine rings is 1. The van der Waals surface area contributed by atoms with Crippen molar-refractivity contribution in [1.82, 2.24) is 9.55 Å². The third-order valence-corrected chi connectivity index (χ3v) is 13.4. The summed E-state index contributed by atoms with van der Waals surface area (Å²) >= 11 is 0. The molecule has 0 radical (unpaired) electrons. The Bertz CT molecular complexity index is 2960. The fraction of sp³-hybridized carbons (Fsp3) is 0.263. The lowest BCUT2D eigenvalue weighted by Crippen LogP contribution is -2.57. The number of aromatic nitrogens is 2. The van der Waals surface area contributed by atoms with Crippen LogP contribution in [0.15, 0.2) is 151 Å². The molecule has 0 aliphatic carbocycles. The van der Waals surface area contributed by atoms with Crippen LogP contribution in [0.3, 0.4) is 0 Å². The van der Waals surface area contributed by atoms with E-state index < -0.39 is 11.1 Å². The van der Waals surface area contributed by atoms with Crippen molar-refractivity contribution in [3.05, 3.63) is 196 Å². The first-order valence-corrected chi connectivity index (χ1v) is 21.9. The lowest BCUT2D eigenvalue weighted by Gasteiger charge is -2.48. The van der Waals surface area contributed by atoms with Crippen molar-refractivity contribution in [3.8, 4) is 17.2 Å². The Hall–Kier alpha value is -6.46. The van der Waals surface area contributed by atoms with E-state index in [0.717, 1.165) is 50.7 Å². The number of ether oxygens (including phenoxy) is 1. The van der Waals surface area contributed by atoms with E-state index in [-0.39, 0.29) is 11.3 Å². The van der Waals surface area contributed by atoms with Gasteiger partial charge in [-0.15, -0.1) is 0 Å². The van der Waals surface area contributed by atoms with Crippen LogP contribution in [0.25, 0.3) is 27.6 Å². The molecule has 0 amide bonds. The molecule has 5 nitrogen and oxygen atoms in total. The van der Waals surface area contributed by atoms with Crippen LogP contribution in [-0.2, 0) is 5.41 Å². The minimum absolute atomic E-state index is 0.0239. The molecular weight excluding hydrogens is 757 g/mol. The predicted octanol–water partition coefficient (Wildman–Crippen LogP) is 14.4. The second kappa shape index (κ2) is 15.2. The maximum absolute atomic E-state index is 7.07. The molecule has 1 aliphatic heterocycles. The molecule has 0 N–H and O–H groups in total. The highest BCUT2D eigenvalue weighted by Crippen LogP contribution is 2.53. The van der Waals surface area contributed by atoms with Gasteiger partial charge in [0.25, 0.3) is 0 Å². The first kappa shape index (κ1) is 40.9. The Labute approximate surface area is 367 Å². The van der Waals surface area contributed by atoms with Gasteiger partial charge in [0.1, 0.15) is 23.0 Å². The largest absolute Gasteiger partial charge is 0.457 e. The van der Waals surface area contributed by atoms with Crippen molar-refractivity contribution < 1.29 is 4.74 Å². The Balaban J connectivity index is 1.23. The lowest BCUT2D eigenvalue weighted by atomic mass is 9.67. The number of rotatable bonds is 8. The van der Waals surface area contributed by atoms with Crippen LogP contribution < -0.4 is 9.64 Å². The molecule has 3 heterocycles. The molecule has 0 saturated heterocycles.